The van der Waals surface area contributed by atoms with Gasteiger partial charge in [0.2, 0.25) is 0 Å². The topological polar surface area (TPSA) is 172 Å². The first-order valence-electron chi connectivity index (χ1n) is 10.2. The second-order valence-electron chi connectivity index (χ2n) is 7.65. The van der Waals surface area contributed by atoms with Crippen LogP contribution in [0.15, 0.2) is 18.2 Å². The average Bonchev–Trinajstić information content (AvgIpc) is 2.67. The van der Waals surface area contributed by atoms with Crippen molar-refractivity contribution < 1.29 is 79.5 Å². The molecule has 0 aliphatic carbocycles. The Hall–Kier alpha value is -1.77. The molecule has 2 rings (SSSR count). The molecule has 33 heavy (non-hydrogen) atoms. The number of rotatable bonds is 9. The van der Waals surface area contributed by atoms with Gasteiger partial charge >= 0.3 is 63.8 Å². The van der Waals surface area contributed by atoms with Gasteiger partial charge in [0.15, 0.2) is 0 Å². The van der Waals surface area contributed by atoms with Crippen LogP contribution in [0.2, 0.25) is 0 Å². The van der Waals surface area contributed by atoms with Crippen molar-refractivity contribution in [1.29, 1.82) is 0 Å². The Balaban J connectivity index is 0.00000544. The predicted molar refractivity (Wildman–Crippen MR) is 110 cm³/mol. The van der Waals surface area contributed by atoms with Gasteiger partial charge in [-0.05, 0) is 18.6 Å². The maximum Gasteiger partial charge on any atom is 3.00 e. The molecule has 181 valence electrons. The molecule has 1 unspecified atom stereocenters. The summed E-state index contributed by atoms with van der Waals surface area (Å²) in [5, 5.41) is 37.2. The van der Waals surface area contributed by atoms with Crippen LogP contribution < -0.4 is 0 Å². The van der Waals surface area contributed by atoms with E-state index in [2.05, 4.69) is 4.98 Å². The van der Waals surface area contributed by atoms with Crippen LogP contribution in [0.4, 0.5) is 0 Å². The van der Waals surface area contributed by atoms with Crippen LogP contribution in [0.1, 0.15) is 24.2 Å². The Labute approximate surface area is 222 Å². The van der Waals surface area contributed by atoms with E-state index in [0.29, 0.717) is 11.4 Å². The van der Waals surface area contributed by atoms with Crippen molar-refractivity contribution in [3.63, 3.8) is 0 Å². The van der Waals surface area contributed by atoms with Crippen LogP contribution in [0.25, 0.3) is 0 Å². The fraction of sp³-hybridized carbons (Fsp3) is 0.550. The van der Waals surface area contributed by atoms with E-state index >= 15 is 0 Å². The molecular formula is C20H28GdN4O8+3. The van der Waals surface area contributed by atoms with Gasteiger partial charge in [0.25, 0.3) is 0 Å². The molecule has 1 atom stereocenters. The molecule has 2 bridgehead atoms. The molecular weight excluding hydrogens is 581 g/mol. The van der Waals surface area contributed by atoms with Crippen molar-refractivity contribution >= 4 is 23.9 Å². The molecule has 2 heterocycles. The first kappa shape index (κ1) is 29.3. The summed E-state index contributed by atoms with van der Waals surface area (Å²) in [6.07, 6.45) is -0.456. The normalized spacial score (nSPS) is 17.1. The molecule has 0 saturated heterocycles. The zero-order valence-corrected chi connectivity index (χ0v) is 20.2. The van der Waals surface area contributed by atoms with Crippen LogP contribution in [-0.2, 0) is 32.3 Å². The first-order chi connectivity index (χ1) is 15.1. The van der Waals surface area contributed by atoms with Crippen LogP contribution in [0.3, 0.4) is 0 Å². The number of carboxylic acid groups (broad SMARTS) is 4. The number of hydrogen-bond acceptors (Lipinski definition) is 8. The Morgan fingerprint density at radius 1 is 0.818 bits per heavy atom. The van der Waals surface area contributed by atoms with Gasteiger partial charge in [-0.3, -0.25) is 38.9 Å². The summed E-state index contributed by atoms with van der Waals surface area (Å²) >= 11 is 0. The van der Waals surface area contributed by atoms with Gasteiger partial charge < -0.3 is 20.4 Å². The molecule has 0 aromatic carbocycles. The molecule has 0 saturated carbocycles. The van der Waals surface area contributed by atoms with Crippen LogP contribution >= 0.6 is 0 Å². The van der Waals surface area contributed by atoms with Crippen LogP contribution in [-0.4, -0.2) is 109 Å². The zero-order valence-electron chi connectivity index (χ0n) is 17.9. The number of nitrogens with zero attached hydrogens (tertiary/aromatic N) is 4. The van der Waals surface area contributed by atoms with Crippen molar-refractivity contribution in [1.82, 2.24) is 19.7 Å². The summed E-state index contributed by atoms with van der Waals surface area (Å²) in [7, 11) is 0. The van der Waals surface area contributed by atoms with Crippen LogP contribution in [0.5, 0.6) is 0 Å². The number of fused-ring (bicyclic) bond motifs is 2. The largest absolute Gasteiger partial charge is 3.00 e. The van der Waals surface area contributed by atoms with E-state index in [-0.39, 0.29) is 105 Å². The third kappa shape index (κ3) is 10.8. The molecule has 1 aliphatic heterocycles. The molecule has 0 fully saturated rings. The molecule has 1 aromatic heterocycles. The minimum Gasteiger partial charge on any atom is -0.481 e. The molecule has 1 aliphatic rings. The quantitative estimate of drug-likeness (QED) is 0.283. The molecule has 4 N–H and O–H groups in total. The van der Waals surface area contributed by atoms with Gasteiger partial charge in [-0.15, -0.1) is 0 Å². The van der Waals surface area contributed by atoms with Crippen molar-refractivity contribution in [2.75, 3.05) is 39.3 Å². The van der Waals surface area contributed by atoms with Gasteiger partial charge in [-0.1, -0.05) is 6.07 Å². The zero-order chi connectivity index (χ0) is 23.7. The molecule has 0 amide bonds. The number of aliphatic carboxylic acids is 4. The van der Waals surface area contributed by atoms with E-state index in [0.717, 1.165) is 0 Å². The number of pyridine rings is 1. The standard InChI is InChI=1S/C20H28N4O8.Gd/c25-17(26)5-4-16(20(31)32)24-8-6-22(12-18(27)28)10-14-2-1-3-15(21-14)11-23(7-9-24)13-19(29)30;/h1-3,16H,4-13H2,(H,25,26)(H,27,28)(H,29,30)(H,31,32);/q;+3. The molecule has 1 aromatic rings. The van der Waals surface area contributed by atoms with Crippen LogP contribution in [0, 0.1) is 39.9 Å². The smallest absolute Gasteiger partial charge is 0.481 e. The number of aromatic nitrogens is 1. The SMILES string of the molecule is O=C(O)CCC(C(=O)O)N1CCN(CC(=O)O)Cc2cccc(n2)CN(CC(=O)O)CC1.[Gd+3]. The second-order valence-corrected chi connectivity index (χ2v) is 7.65. The fourth-order valence-corrected chi connectivity index (χ4v) is 3.66. The van der Waals surface area contributed by atoms with E-state index in [9.17, 15) is 34.5 Å². The Morgan fingerprint density at radius 3 is 1.70 bits per heavy atom. The average molecular weight is 610 g/mol. The summed E-state index contributed by atoms with van der Waals surface area (Å²) in [5.41, 5.74) is 1.23. The predicted octanol–water partition coefficient (Wildman–Crippen LogP) is -0.512. The van der Waals surface area contributed by atoms with Crippen molar-refractivity contribution in [2.24, 2.45) is 0 Å². The van der Waals surface area contributed by atoms with E-state index in [1.165, 1.54) is 0 Å². The van der Waals surface area contributed by atoms with Gasteiger partial charge in [0.05, 0.1) is 24.5 Å². The van der Waals surface area contributed by atoms with E-state index in [1.807, 2.05) is 0 Å². The summed E-state index contributed by atoms with van der Waals surface area (Å²) in [6.45, 7) is 0.686. The summed E-state index contributed by atoms with van der Waals surface area (Å²) in [4.78, 5) is 54.9. The maximum atomic E-state index is 11.9. The molecule has 0 spiro atoms. The van der Waals surface area contributed by atoms with Gasteiger partial charge in [0.1, 0.15) is 6.04 Å². The van der Waals surface area contributed by atoms with Gasteiger partial charge in [-0.25, -0.2) is 0 Å². The monoisotopic (exact) mass is 610 g/mol. The third-order valence-electron chi connectivity index (χ3n) is 5.12. The molecule has 12 nitrogen and oxygen atoms in total. The fourth-order valence-electron chi connectivity index (χ4n) is 3.66. The van der Waals surface area contributed by atoms with Gasteiger partial charge in [-0.2, -0.15) is 0 Å². The number of carbonyl (C=O) groups is 4. The van der Waals surface area contributed by atoms with E-state index in [1.54, 1.807) is 32.9 Å². The third-order valence-corrected chi connectivity index (χ3v) is 5.12. The summed E-state index contributed by atoms with van der Waals surface area (Å²) < 4.78 is 0. The van der Waals surface area contributed by atoms with E-state index < -0.39 is 29.9 Å². The minimum absolute atomic E-state index is 0. The summed E-state index contributed by atoms with van der Waals surface area (Å²) in [5.74, 6) is -4.36. The van der Waals surface area contributed by atoms with Crippen molar-refractivity contribution in [2.45, 2.75) is 32.0 Å². The summed E-state index contributed by atoms with van der Waals surface area (Å²) in [6, 6.07) is 4.18. The van der Waals surface area contributed by atoms with Gasteiger partial charge in [0, 0.05) is 45.7 Å². The van der Waals surface area contributed by atoms with Crippen molar-refractivity contribution in [3.05, 3.63) is 29.6 Å². The first-order valence-corrected chi connectivity index (χ1v) is 10.2. The molecule has 13 heteroatoms. The van der Waals surface area contributed by atoms with E-state index in [4.69, 9.17) is 5.11 Å². The number of carboxylic acids is 4. The van der Waals surface area contributed by atoms with Crippen molar-refractivity contribution in [3.8, 4) is 0 Å². The Kier molecular flexibility index (Phi) is 12.8. The Bertz CT molecular complexity index is 795. The minimum atomic E-state index is -1.18. The maximum absolute atomic E-state index is 11.9. The second kappa shape index (κ2) is 14.5. The Morgan fingerprint density at radius 2 is 1.30 bits per heavy atom. The number of hydrogen-bond donors (Lipinski definition) is 4. The molecule has 1 radical (unpaired) electrons.